The van der Waals surface area contributed by atoms with Crippen LogP contribution in [0.1, 0.15) is 11.1 Å². The van der Waals surface area contributed by atoms with Gasteiger partial charge in [-0.3, -0.25) is 0 Å². The minimum Gasteiger partial charge on any atom is -0.497 e. The second-order valence-corrected chi connectivity index (χ2v) is 7.16. The number of benzene rings is 3. The molecule has 0 aliphatic carbocycles. The summed E-state index contributed by atoms with van der Waals surface area (Å²) in [5, 5.41) is 4.14. The largest absolute Gasteiger partial charge is 0.497 e. The van der Waals surface area contributed by atoms with Crippen LogP contribution in [0.15, 0.2) is 77.8 Å². The van der Waals surface area contributed by atoms with Crippen molar-refractivity contribution >= 4 is 38.2 Å². The minimum atomic E-state index is 0.705. The van der Waals surface area contributed by atoms with Gasteiger partial charge < -0.3 is 10.1 Å². The average Bonchev–Trinajstić information content (AvgIpc) is 3.11. The summed E-state index contributed by atoms with van der Waals surface area (Å²) >= 11 is 1.54. The Labute approximate surface area is 162 Å². The van der Waals surface area contributed by atoms with Gasteiger partial charge in [0.1, 0.15) is 11.6 Å². The maximum atomic E-state index is 5.30. The van der Waals surface area contributed by atoms with E-state index in [1.807, 2.05) is 48.5 Å². The summed E-state index contributed by atoms with van der Waals surface area (Å²) in [4.78, 5) is 9.46. The molecule has 4 aromatic rings. The number of nitrogens with zero attached hydrogens (tertiary/aromatic N) is 2. The van der Waals surface area contributed by atoms with Crippen molar-refractivity contribution in [3.63, 3.8) is 0 Å². The molecule has 5 heteroatoms. The Bertz CT molecular complexity index is 1090. The van der Waals surface area contributed by atoms with Gasteiger partial charge in [-0.2, -0.15) is 0 Å². The van der Waals surface area contributed by atoms with Gasteiger partial charge in [0, 0.05) is 11.3 Å². The molecule has 0 amide bonds. The van der Waals surface area contributed by atoms with Gasteiger partial charge in [-0.1, -0.05) is 59.4 Å². The smallest absolute Gasteiger partial charge is 0.212 e. The van der Waals surface area contributed by atoms with Crippen molar-refractivity contribution in [2.24, 2.45) is 4.99 Å². The van der Waals surface area contributed by atoms with E-state index in [9.17, 15) is 0 Å². The fraction of sp³-hybridized carbons (Fsp3) is 0.0909. The highest BCUT2D eigenvalue weighted by Crippen LogP contribution is 2.31. The van der Waals surface area contributed by atoms with Crippen LogP contribution >= 0.6 is 11.3 Å². The lowest BCUT2D eigenvalue weighted by Crippen LogP contribution is -2.13. The Balaban J connectivity index is 1.74. The molecule has 0 saturated carbocycles. The highest BCUT2D eigenvalue weighted by molar-refractivity contribution is 7.22. The van der Waals surface area contributed by atoms with Crippen LogP contribution in [0.4, 0.5) is 10.8 Å². The zero-order chi connectivity index (χ0) is 18.6. The van der Waals surface area contributed by atoms with Gasteiger partial charge in [0.2, 0.25) is 5.13 Å². The molecule has 27 heavy (non-hydrogen) atoms. The quantitative estimate of drug-likeness (QED) is 0.363. The van der Waals surface area contributed by atoms with Crippen LogP contribution in [-0.4, -0.2) is 17.9 Å². The number of fused-ring (bicyclic) bond motifs is 1. The molecule has 0 aliphatic rings. The molecular formula is C22H19N3OS. The third kappa shape index (κ3) is 3.99. The molecule has 0 atom stereocenters. The predicted octanol–water partition coefficient (Wildman–Crippen LogP) is 5.80. The first-order chi connectivity index (χ1) is 13.2. The minimum absolute atomic E-state index is 0.705. The maximum Gasteiger partial charge on any atom is 0.212 e. The number of aryl methyl sites for hydroxylation is 1. The third-order valence-corrected chi connectivity index (χ3v) is 5.07. The van der Waals surface area contributed by atoms with E-state index in [2.05, 4.69) is 41.5 Å². The fourth-order valence-corrected chi connectivity index (χ4v) is 3.57. The van der Waals surface area contributed by atoms with Crippen LogP contribution in [0.5, 0.6) is 5.75 Å². The van der Waals surface area contributed by atoms with E-state index in [4.69, 9.17) is 9.73 Å². The van der Waals surface area contributed by atoms with Gasteiger partial charge in [0.25, 0.3) is 0 Å². The summed E-state index contributed by atoms with van der Waals surface area (Å²) in [5.74, 6) is 1.59. The first-order valence-corrected chi connectivity index (χ1v) is 9.45. The highest BCUT2D eigenvalue weighted by atomic mass is 32.1. The molecule has 1 heterocycles. The van der Waals surface area contributed by atoms with Crippen LogP contribution in [0, 0.1) is 6.92 Å². The molecule has 0 spiro atoms. The molecule has 0 unspecified atom stereocenters. The number of hydrogen-bond donors (Lipinski definition) is 1. The number of aromatic nitrogens is 1. The molecule has 0 aliphatic heterocycles. The molecule has 0 fully saturated rings. The van der Waals surface area contributed by atoms with Crippen LogP contribution in [0.2, 0.25) is 0 Å². The van der Waals surface area contributed by atoms with E-state index in [-0.39, 0.29) is 0 Å². The molecule has 4 nitrogen and oxygen atoms in total. The number of thiazole rings is 1. The van der Waals surface area contributed by atoms with E-state index in [0.29, 0.717) is 5.13 Å². The van der Waals surface area contributed by atoms with E-state index in [0.717, 1.165) is 33.1 Å². The van der Waals surface area contributed by atoms with Crippen molar-refractivity contribution in [1.29, 1.82) is 0 Å². The molecule has 0 saturated heterocycles. The summed E-state index contributed by atoms with van der Waals surface area (Å²) < 4.78 is 6.35. The van der Waals surface area contributed by atoms with Gasteiger partial charge in [-0.25, -0.2) is 9.98 Å². The Kier molecular flexibility index (Phi) is 4.85. The van der Waals surface area contributed by atoms with Gasteiger partial charge in [-0.15, -0.1) is 0 Å². The van der Waals surface area contributed by atoms with Crippen molar-refractivity contribution < 1.29 is 4.74 Å². The molecule has 0 radical (unpaired) electrons. The van der Waals surface area contributed by atoms with E-state index in [1.54, 1.807) is 18.4 Å². The summed E-state index contributed by atoms with van der Waals surface area (Å²) in [6.07, 6.45) is 0. The molecule has 3 aromatic carbocycles. The SMILES string of the molecule is COc1ccc2nc(N=C(Nc3ccc(C)cc3)c3ccccc3)sc2c1. The predicted molar refractivity (Wildman–Crippen MR) is 114 cm³/mol. The van der Waals surface area contributed by atoms with E-state index in [1.165, 1.54) is 5.56 Å². The van der Waals surface area contributed by atoms with Crippen molar-refractivity contribution in [2.45, 2.75) is 6.92 Å². The van der Waals surface area contributed by atoms with Crippen molar-refractivity contribution in [3.8, 4) is 5.75 Å². The van der Waals surface area contributed by atoms with Crippen LogP contribution in [0.25, 0.3) is 10.2 Å². The van der Waals surface area contributed by atoms with Crippen LogP contribution in [-0.2, 0) is 0 Å². The Morgan fingerprint density at radius 1 is 1.00 bits per heavy atom. The third-order valence-electron chi connectivity index (χ3n) is 4.15. The molecular weight excluding hydrogens is 354 g/mol. The normalized spacial score (nSPS) is 11.6. The fourth-order valence-electron chi connectivity index (χ4n) is 2.70. The van der Waals surface area contributed by atoms with E-state index < -0.39 is 0 Å². The lowest BCUT2D eigenvalue weighted by molar-refractivity contribution is 0.415. The number of anilines is 1. The first kappa shape index (κ1) is 17.2. The molecule has 1 aromatic heterocycles. The second kappa shape index (κ2) is 7.60. The van der Waals surface area contributed by atoms with Gasteiger partial charge in [0.15, 0.2) is 0 Å². The number of amidine groups is 1. The van der Waals surface area contributed by atoms with Gasteiger partial charge >= 0.3 is 0 Å². The summed E-state index contributed by atoms with van der Waals surface area (Å²) in [6.45, 7) is 2.07. The Morgan fingerprint density at radius 3 is 2.52 bits per heavy atom. The summed E-state index contributed by atoms with van der Waals surface area (Å²) in [7, 11) is 1.67. The highest BCUT2D eigenvalue weighted by Gasteiger charge is 2.09. The van der Waals surface area contributed by atoms with Gasteiger partial charge in [0.05, 0.1) is 17.3 Å². The van der Waals surface area contributed by atoms with Crippen molar-refractivity contribution in [3.05, 3.63) is 83.9 Å². The van der Waals surface area contributed by atoms with Crippen LogP contribution < -0.4 is 10.1 Å². The second-order valence-electron chi connectivity index (χ2n) is 6.15. The molecule has 1 N–H and O–H groups in total. The Morgan fingerprint density at radius 2 is 1.78 bits per heavy atom. The average molecular weight is 373 g/mol. The lowest BCUT2D eigenvalue weighted by Gasteiger charge is -2.10. The number of rotatable bonds is 4. The number of methoxy groups -OCH3 is 1. The number of ether oxygens (including phenoxy) is 1. The Hall–Kier alpha value is -3.18. The topological polar surface area (TPSA) is 46.5 Å². The molecule has 4 rings (SSSR count). The van der Waals surface area contributed by atoms with Crippen molar-refractivity contribution in [1.82, 2.24) is 4.98 Å². The number of nitrogens with one attached hydrogen (secondary N) is 1. The van der Waals surface area contributed by atoms with Gasteiger partial charge in [-0.05, 0) is 37.3 Å². The summed E-state index contributed by atoms with van der Waals surface area (Å²) in [6, 6.07) is 24.2. The van der Waals surface area contributed by atoms with Crippen LogP contribution in [0.3, 0.4) is 0 Å². The molecule has 0 bridgehead atoms. The summed E-state index contributed by atoms with van der Waals surface area (Å²) in [5.41, 5.74) is 4.14. The van der Waals surface area contributed by atoms with Crippen molar-refractivity contribution in [2.75, 3.05) is 12.4 Å². The zero-order valence-electron chi connectivity index (χ0n) is 15.1. The first-order valence-electron chi connectivity index (χ1n) is 8.64. The standard InChI is InChI=1S/C22H19N3OS/c1-15-8-10-17(11-9-15)23-21(16-6-4-3-5-7-16)25-22-24-19-13-12-18(26-2)14-20(19)27-22/h3-14H,1-2H3,(H,23,24,25). The molecule has 134 valence electrons. The monoisotopic (exact) mass is 373 g/mol. The number of hydrogen-bond acceptors (Lipinski definition) is 4. The van der Waals surface area contributed by atoms with E-state index >= 15 is 0 Å². The maximum absolute atomic E-state index is 5.30. The number of aliphatic imine (C=N–C) groups is 1. The zero-order valence-corrected chi connectivity index (χ0v) is 16.0. The lowest BCUT2D eigenvalue weighted by atomic mass is 10.2.